The van der Waals surface area contributed by atoms with Gasteiger partial charge in [-0.15, -0.1) is 0 Å². The van der Waals surface area contributed by atoms with Gasteiger partial charge in [0, 0.05) is 36.7 Å². The molecule has 1 fully saturated rings. The van der Waals surface area contributed by atoms with Gasteiger partial charge in [-0.2, -0.15) is 0 Å². The average Bonchev–Trinajstić information content (AvgIpc) is 2.77. The molecule has 29 heavy (non-hydrogen) atoms. The normalized spacial score (nSPS) is 15.0. The van der Waals surface area contributed by atoms with E-state index in [4.69, 9.17) is 4.74 Å². The summed E-state index contributed by atoms with van der Waals surface area (Å²) in [6, 6.07) is 15.2. The number of hydrogen-bond donors (Lipinski definition) is 1. The summed E-state index contributed by atoms with van der Waals surface area (Å²) < 4.78 is 5.73. The van der Waals surface area contributed by atoms with Crippen LogP contribution in [0.15, 0.2) is 73.3 Å². The Hall–Kier alpha value is -3.25. The number of carbonyl (C=O) groups excluding carboxylic acids is 1. The Labute approximate surface area is 170 Å². The van der Waals surface area contributed by atoms with Crippen LogP contribution in [0.2, 0.25) is 0 Å². The molecule has 0 unspecified atom stereocenters. The van der Waals surface area contributed by atoms with Gasteiger partial charge in [-0.05, 0) is 80.0 Å². The number of rotatable bonds is 6. The molecule has 2 aromatic heterocycles. The van der Waals surface area contributed by atoms with Gasteiger partial charge < -0.3 is 10.1 Å². The molecule has 3 heterocycles. The van der Waals surface area contributed by atoms with E-state index in [1.165, 1.54) is 5.56 Å². The average molecular weight is 388 g/mol. The topological polar surface area (TPSA) is 67.3 Å². The van der Waals surface area contributed by atoms with Crippen LogP contribution in [0, 0.1) is 5.92 Å². The number of amides is 1. The van der Waals surface area contributed by atoms with Gasteiger partial charge in [0.05, 0.1) is 6.20 Å². The second kappa shape index (κ2) is 9.30. The highest BCUT2D eigenvalue weighted by atomic mass is 16.5. The molecule has 1 saturated heterocycles. The van der Waals surface area contributed by atoms with Gasteiger partial charge in [0.15, 0.2) is 0 Å². The first-order valence-electron chi connectivity index (χ1n) is 9.86. The van der Waals surface area contributed by atoms with Gasteiger partial charge in [-0.3, -0.25) is 19.7 Å². The Morgan fingerprint density at radius 3 is 2.41 bits per heavy atom. The molecule has 1 aliphatic rings. The van der Waals surface area contributed by atoms with E-state index >= 15 is 0 Å². The highest BCUT2D eigenvalue weighted by Crippen LogP contribution is 2.24. The molecule has 1 amide bonds. The fourth-order valence-electron chi connectivity index (χ4n) is 3.49. The zero-order valence-corrected chi connectivity index (χ0v) is 16.2. The van der Waals surface area contributed by atoms with E-state index in [2.05, 4.69) is 20.2 Å². The number of aromatic nitrogens is 2. The van der Waals surface area contributed by atoms with Gasteiger partial charge in [0.25, 0.3) is 0 Å². The molecule has 1 N–H and O–H groups in total. The van der Waals surface area contributed by atoms with Crippen molar-refractivity contribution < 1.29 is 9.53 Å². The van der Waals surface area contributed by atoms with Crippen molar-refractivity contribution in [2.24, 2.45) is 5.92 Å². The van der Waals surface area contributed by atoms with Crippen molar-refractivity contribution in [3.63, 3.8) is 0 Å². The Bertz CT molecular complexity index is 909. The molecule has 0 atom stereocenters. The summed E-state index contributed by atoms with van der Waals surface area (Å²) in [5.41, 5.74) is 2.05. The summed E-state index contributed by atoms with van der Waals surface area (Å²) >= 11 is 0. The molecule has 0 spiro atoms. The molecule has 0 saturated carbocycles. The summed E-state index contributed by atoms with van der Waals surface area (Å²) in [5, 5.41) is 3.03. The predicted molar refractivity (Wildman–Crippen MR) is 112 cm³/mol. The Kier molecular flexibility index (Phi) is 6.12. The monoisotopic (exact) mass is 388 g/mol. The van der Waals surface area contributed by atoms with Crippen molar-refractivity contribution in [1.29, 1.82) is 0 Å². The van der Waals surface area contributed by atoms with E-state index < -0.39 is 0 Å². The number of nitrogens with one attached hydrogen (secondary N) is 1. The smallest absolute Gasteiger partial charge is 0.227 e. The van der Waals surface area contributed by atoms with Crippen LogP contribution in [0.5, 0.6) is 11.5 Å². The van der Waals surface area contributed by atoms with Crippen LogP contribution in [-0.2, 0) is 11.3 Å². The van der Waals surface area contributed by atoms with Crippen LogP contribution in [0.25, 0.3) is 0 Å². The lowest BCUT2D eigenvalue weighted by Crippen LogP contribution is -2.37. The van der Waals surface area contributed by atoms with E-state index in [0.717, 1.165) is 38.2 Å². The van der Waals surface area contributed by atoms with Crippen molar-refractivity contribution >= 4 is 11.6 Å². The summed E-state index contributed by atoms with van der Waals surface area (Å²) in [7, 11) is 0. The van der Waals surface area contributed by atoms with Crippen molar-refractivity contribution in [3.8, 4) is 11.5 Å². The molecule has 0 radical (unpaired) electrons. The lowest BCUT2D eigenvalue weighted by Gasteiger charge is -2.31. The fourth-order valence-corrected chi connectivity index (χ4v) is 3.49. The molecule has 6 nitrogen and oxygen atoms in total. The molecular formula is C23H24N4O2. The van der Waals surface area contributed by atoms with E-state index in [0.29, 0.717) is 11.5 Å². The van der Waals surface area contributed by atoms with Crippen LogP contribution < -0.4 is 10.1 Å². The second-order valence-electron chi connectivity index (χ2n) is 7.21. The SMILES string of the molecule is O=C(Nc1ccc(Oc2cccnc2)cc1)C1CCN(Cc2ccncc2)CC1. The Balaban J connectivity index is 1.25. The van der Waals surface area contributed by atoms with Crippen molar-refractivity contribution in [2.45, 2.75) is 19.4 Å². The first kappa shape index (κ1) is 19.1. The Morgan fingerprint density at radius 1 is 0.966 bits per heavy atom. The van der Waals surface area contributed by atoms with Gasteiger partial charge in [-0.25, -0.2) is 0 Å². The minimum atomic E-state index is 0.0509. The number of likely N-dealkylation sites (tertiary alicyclic amines) is 1. The van der Waals surface area contributed by atoms with Crippen LogP contribution >= 0.6 is 0 Å². The zero-order valence-electron chi connectivity index (χ0n) is 16.2. The Morgan fingerprint density at radius 2 is 1.72 bits per heavy atom. The highest BCUT2D eigenvalue weighted by molar-refractivity contribution is 5.92. The maximum absolute atomic E-state index is 12.6. The number of ether oxygens (including phenoxy) is 1. The largest absolute Gasteiger partial charge is 0.456 e. The van der Waals surface area contributed by atoms with Crippen LogP contribution in [-0.4, -0.2) is 33.9 Å². The molecule has 1 aliphatic heterocycles. The number of benzene rings is 1. The lowest BCUT2D eigenvalue weighted by atomic mass is 9.95. The quantitative estimate of drug-likeness (QED) is 0.688. The van der Waals surface area contributed by atoms with Gasteiger partial charge in [-0.1, -0.05) is 0 Å². The predicted octanol–water partition coefficient (Wildman–Crippen LogP) is 4.12. The molecule has 148 valence electrons. The van der Waals surface area contributed by atoms with Gasteiger partial charge in [0.2, 0.25) is 5.91 Å². The number of anilines is 1. The van der Waals surface area contributed by atoms with Crippen LogP contribution in [0.4, 0.5) is 5.69 Å². The highest BCUT2D eigenvalue weighted by Gasteiger charge is 2.25. The molecule has 1 aromatic carbocycles. The zero-order chi connectivity index (χ0) is 19.9. The summed E-state index contributed by atoms with van der Waals surface area (Å²) in [6.07, 6.45) is 8.76. The fraction of sp³-hybridized carbons (Fsp3) is 0.261. The first-order chi connectivity index (χ1) is 14.3. The molecular weight excluding hydrogens is 364 g/mol. The molecule has 6 heteroatoms. The van der Waals surface area contributed by atoms with E-state index in [9.17, 15) is 4.79 Å². The van der Waals surface area contributed by atoms with Gasteiger partial charge in [0.1, 0.15) is 11.5 Å². The standard InChI is InChI=1S/C23H24N4O2/c28-23(19-9-14-27(15-10-19)17-18-7-12-24-13-8-18)26-20-3-5-21(6-4-20)29-22-2-1-11-25-16-22/h1-8,11-13,16,19H,9-10,14-15,17H2,(H,26,28). The van der Waals surface area contributed by atoms with Crippen molar-refractivity contribution in [2.75, 3.05) is 18.4 Å². The summed E-state index contributed by atoms with van der Waals surface area (Å²) in [5.74, 6) is 1.53. The number of nitrogens with zero attached hydrogens (tertiary/aromatic N) is 3. The number of carbonyl (C=O) groups is 1. The minimum Gasteiger partial charge on any atom is -0.456 e. The van der Waals surface area contributed by atoms with Gasteiger partial charge >= 0.3 is 0 Å². The number of piperidine rings is 1. The van der Waals surface area contributed by atoms with Crippen molar-refractivity contribution in [3.05, 3.63) is 78.9 Å². The maximum Gasteiger partial charge on any atom is 0.227 e. The van der Waals surface area contributed by atoms with E-state index in [1.54, 1.807) is 12.4 Å². The molecule has 3 aromatic rings. The molecule has 0 aliphatic carbocycles. The van der Waals surface area contributed by atoms with Crippen molar-refractivity contribution in [1.82, 2.24) is 14.9 Å². The third kappa shape index (κ3) is 5.39. The van der Waals surface area contributed by atoms with E-state index in [1.807, 2.05) is 60.9 Å². The molecule has 0 bridgehead atoms. The number of hydrogen-bond acceptors (Lipinski definition) is 5. The third-order valence-corrected chi connectivity index (χ3v) is 5.11. The minimum absolute atomic E-state index is 0.0509. The summed E-state index contributed by atoms with van der Waals surface area (Å²) in [4.78, 5) is 23.1. The third-order valence-electron chi connectivity index (χ3n) is 5.11. The number of pyridine rings is 2. The van der Waals surface area contributed by atoms with E-state index in [-0.39, 0.29) is 11.8 Å². The van der Waals surface area contributed by atoms with Crippen LogP contribution in [0.1, 0.15) is 18.4 Å². The second-order valence-corrected chi connectivity index (χ2v) is 7.21. The molecule has 4 rings (SSSR count). The first-order valence-corrected chi connectivity index (χ1v) is 9.86. The lowest BCUT2D eigenvalue weighted by molar-refractivity contribution is -0.121. The maximum atomic E-state index is 12.6. The van der Waals surface area contributed by atoms with Crippen LogP contribution in [0.3, 0.4) is 0 Å². The summed E-state index contributed by atoms with van der Waals surface area (Å²) in [6.45, 7) is 2.77.